The second-order valence-electron chi connectivity index (χ2n) is 8.89. The Kier molecular flexibility index (Phi) is 15.1. The van der Waals surface area contributed by atoms with Crippen LogP contribution in [0.3, 0.4) is 0 Å². The molecule has 0 aromatic heterocycles. The summed E-state index contributed by atoms with van der Waals surface area (Å²) in [6.07, 6.45) is 24.3. The van der Waals surface area contributed by atoms with Gasteiger partial charge in [0, 0.05) is 0 Å². The SMILES string of the molecule is CCCCC(CC)(CC)CCCCCCCC(CC)(CC)CCCC. The van der Waals surface area contributed by atoms with Crippen molar-refractivity contribution in [1.29, 1.82) is 0 Å². The quantitative estimate of drug-likeness (QED) is 0.215. The molecule has 0 spiro atoms. The summed E-state index contributed by atoms with van der Waals surface area (Å²) >= 11 is 0. The highest BCUT2D eigenvalue weighted by molar-refractivity contribution is 4.78. The maximum atomic E-state index is 2.42. The molecule has 0 aromatic rings. The Morgan fingerprint density at radius 2 is 0.640 bits per heavy atom. The van der Waals surface area contributed by atoms with Crippen molar-refractivity contribution in [3.63, 3.8) is 0 Å². The van der Waals surface area contributed by atoms with Crippen molar-refractivity contribution in [3.8, 4) is 0 Å². The Balaban J connectivity index is 4.00. The fraction of sp³-hybridized carbons (Fsp3) is 1.00. The highest BCUT2D eigenvalue weighted by Crippen LogP contribution is 2.39. The van der Waals surface area contributed by atoms with Gasteiger partial charge in [0.1, 0.15) is 0 Å². The lowest BCUT2D eigenvalue weighted by Crippen LogP contribution is -2.19. The lowest BCUT2D eigenvalue weighted by molar-refractivity contribution is 0.198. The largest absolute Gasteiger partial charge is 0.0654 e. The molecule has 0 unspecified atom stereocenters. The van der Waals surface area contributed by atoms with Crippen molar-refractivity contribution < 1.29 is 0 Å². The summed E-state index contributed by atoms with van der Waals surface area (Å²) in [6.45, 7) is 14.4. The third-order valence-electron chi connectivity index (χ3n) is 7.54. The van der Waals surface area contributed by atoms with E-state index in [2.05, 4.69) is 41.5 Å². The van der Waals surface area contributed by atoms with Gasteiger partial charge in [-0.2, -0.15) is 0 Å². The van der Waals surface area contributed by atoms with Crippen LogP contribution in [0, 0.1) is 10.8 Å². The van der Waals surface area contributed by atoms with E-state index in [0.717, 1.165) is 0 Å². The van der Waals surface area contributed by atoms with Gasteiger partial charge >= 0.3 is 0 Å². The molecule has 0 amide bonds. The van der Waals surface area contributed by atoms with Gasteiger partial charge in [-0.05, 0) is 36.5 Å². The van der Waals surface area contributed by atoms with E-state index in [1.165, 1.54) is 109 Å². The van der Waals surface area contributed by atoms with Crippen LogP contribution in [0.5, 0.6) is 0 Å². The van der Waals surface area contributed by atoms with Crippen LogP contribution in [-0.2, 0) is 0 Å². The Labute approximate surface area is 161 Å². The smallest absolute Gasteiger partial charge is 0.0303 e. The summed E-state index contributed by atoms with van der Waals surface area (Å²) in [6, 6.07) is 0. The Hall–Kier alpha value is 0. The molecule has 0 bridgehead atoms. The van der Waals surface area contributed by atoms with E-state index in [9.17, 15) is 0 Å². The summed E-state index contributed by atoms with van der Waals surface area (Å²) in [5.74, 6) is 0. The van der Waals surface area contributed by atoms with Gasteiger partial charge in [0.25, 0.3) is 0 Å². The third kappa shape index (κ3) is 10.0. The molecule has 25 heavy (non-hydrogen) atoms. The topological polar surface area (TPSA) is 0 Å². The predicted molar refractivity (Wildman–Crippen MR) is 117 cm³/mol. The van der Waals surface area contributed by atoms with E-state index >= 15 is 0 Å². The summed E-state index contributed by atoms with van der Waals surface area (Å²) in [5.41, 5.74) is 1.32. The highest BCUT2D eigenvalue weighted by Gasteiger charge is 2.25. The molecule has 0 rings (SSSR count). The summed E-state index contributed by atoms with van der Waals surface area (Å²) in [4.78, 5) is 0. The molecule has 0 nitrogen and oxygen atoms in total. The summed E-state index contributed by atoms with van der Waals surface area (Å²) in [5, 5.41) is 0. The number of hydrogen-bond acceptors (Lipinski definition) is 0. The van der Waals surface area contributed by atoms with Crippen molar-refractivity contribution in [2.24, 2.45) is 10.8 Å². The molecule has 0 radical (unpaired) electrons. The highest BCUT2D eigenvalue weighted by atomic mass is 14.3. The number of rotatable bonds is 18. The molecule has 152 valence electrons. The van der Waals surface area contributed by atoms with Crippen molar-refractivity contribution >= 4 is 0 Å². The Morgan fingerprint density at radius 1 is 0.360 bits per heavy atom. The summed E-state index contributed by atoms with van der Waals surface area (Å²) < 4.78 is 0. The van der Waals surface area contributed by atoms with Crippen molar-refractivity contribution in [1.82, 2.24) is 0 Å². The minimum atomic E-state index is 0.662. The van der Waals surface area contributed by atoms with Gasteiger partial charge in [0.15, 0.2) is 0 Å². The monoisotopic (exact) mass is 352 g/mol. The van der Waals surface area contributed by atoms with E-state index < -0.39 is 0 Å². The molecule has 0 aliphatic rings. The van der Waals surface area contributed by atoms with E-state index in [0.29, 0.717) is 10.8 Å². The van der Waals surface area contributed by atoms with E-state index in [-0.39, 0.29) is 0 Å². The molecular weight excluding hydrogens is 300 g/mol. The lowest BCUT2D eigenvalue weighted by Gasteiger charge is -2.32. The van der Waals surface area contributed by atoms with Gasteiger partial charge < -0.3 is 0 Å². The predicted octanol–water partition coefficient (Wildman–Crippen LogP) is 9.71. The standard InChI is InChI=1S/C25H52/c1-7-13-20-24(9-3,10-4)22-18-16-15-17-19-23-25(11-5,12-6)21-14-8-2/h7-23H2,1-6H3. The van der Waals surface area contributed by atoms with Gasteiger partial charge in [0.2, 0.25) is 0 Å². The first-order valence-corrected chi connectivity index (χ1v) is 12.1. The first kappa shape index (κ1) is 25.0. The van der Waals surface area contributed by atoms with E-state index in [4.69, 9.17) is 0 Å². The normalized spacial score (nSPS) is 12.7. The van der Waals surface area contributed by atoms with Crippen LogP contribution >= 0.6 is 0 Å². The van der Waals surface area contributed by atoms with Crippen LogP contribution in [-0.4, -0.2) is 0 Å². The van der Waals surface area contributed by atoms with E-state index in [1.54, 1.807) is 0 Å². The molecular formula is C25H52. The maximum absolute atomic E-state index is 2.42. The zero-order valence-electron chi connectivity index (χ0n) is 19.0. The van der Waals surface area contributed by atoms with Gasteiger partial charge in [-0.15, -0.1) is 0 Å². The third-order valence-corrected chi connectivity index (χ3v) is 7.54. The molecule has 0 saturated carbocycles. The number of hydrogen-bond donors (Lipinski definition) is 0. The molecule has 0 heterocycles. The van der Waals surface area contributed by atoms with Crippen LogP contribution in [0.25, 0.3) is 0 Å². The van der Waals surface area contributed by atoms with Crippen LogP contribution < -0.4 is 0 Å². The van der Waals surface area contributed by atoms with Gasteiger partial charge in [-0.25, -0.2) is 0 Å². The Bertz CT molecular complexity index is 242. The Morgan fingerprint density at radius 3 is 0.920 bits per heavy atom. The van der Waals surface area contributed by atoms with Crippen LogP contribution in [0.4, 0.5) is 0 Å². The molecule has 0 heteroatoms. The average Bonchev–Trinajstić information content (AvgIpc) is 2.66. The zero-order chi connectivity index (χ0) is 19.0. The molecule has 0 fully saturated rings. The van der Waals surface area contributed by atoms with Crippen molar-refractivity contribution in [2.75, 3.05) is 0 Å². The first-order chi connectivity index (χ1) is 12.1. The van der Waals surface area contributed by atoms with Gasteiger partial charge in [-0.1, -0.05) is 125 Å². The fourth-order valence-corrected chi connectivity index (χ4v) is 4.80. The molecule has 0 atom stereocenters. The summed E-state index contributed by atoms with van der Waals surface area (Å²) in [7, 11) is 0. The number of unbranched alkanes of at least 4 members (excludes halogenated alkanes) is 6. The lowest BCUT2D eigenvalue weighted by atomic mass is 9.73. The second-order valence-corrected chi connectivity index (χ2v) is 8.89. The zero-order valence-corrected chi connectivity index (χ0v) is 19.0. The molecule has 0 saturated heterocycles. The van der Waals surface area contributed by atoms with E-state index in [1.807, 2.05) is 0 Å². The minimum absolute atomic E-state index is 0.662. The van der Waals surface area contributed by atoms with Crippen molar-refractivity contribution in [3.05, 3.63) is 0 Å². The van der Waals surface area contributed by atoms with Crippen LogP contribution in [0.2, 0.25) is 0 Å². The van der Waals surface area contributed by atoms with Gasteiger partial charge in [0.05, 0.1) is 0 Å². The molecule has 0 N–H and O–H groups in total. The maximum Gasteiger partial charge on any atom is -0.0303 e. The second kappa shape index (κ2) is 15.1. The minimum Gasteiger partial charge on any atom is -0.0654 e. The first-order valence-electron chi connectivity index (χ1n) is 12.1. The van der Waals surface area contributed by atoms with Crippen LogP contribution in [0.15, 0.2) is 0 Å². The van der Waals surface area contributed by atoms with Crippen molar-refractivity contribution in [2.45, 2.75) is 151 Å². The molecule has 0 aliphatic heterocycles. The molecule has 0 aliphatic carbocycles. The average molecular weight is 353 g/mol. The van der Waals surface area contributed by atoms with Crippen LogP contribution in [0.1, 0.15) is 151 Å². The fourth-order valence-electron chi connectivity index (χ4n) is 4.80. The van der Waals surface area contributed by atoms with Gasteiger partial charge in [-0.3, -0.25) is 0 Å². The molecule has 0 aromatic carbocycles.